The molecule has 0 spiro atoms. The minimum Gasteiger partial charge on any atom is -0.489 e. The van der Waals surface area contributed by atoms with Gasteiger partial charge in [-0.15, -0.1) is 0 Å². The van der Waals surface area contributed by atoms with Crippen LogP contribution in [0.3, 0.4) is 0 Å². The maximum Gasteiger partial charge on any atom is 0.119 e. The minimum atomic E-state index is 0.335. The second-order valence-electron chi connectivity index (χ2n) is 6.32. The lowest BCUT2D eigenvalue weighted by molar-refractivity contribution is 0.127. The number of ether oxygens (including phenoxy) is 1. The summed E-state index contributed by atoms with van der Waals surface area (Å²) in [6, 6.07) is 18.6. The Kier molecular flexibility index (Phi) is 5.67. The highest BCUT2D eigenvalue weighted by atomic mass is 16.5. The molecule has 1 saturated heterocycles. The molecule has 2 aromatic carbocycles. The first-order valence-electron chi connectivity index (χ1n) is 8.42. The number of rotatable bonds is 6. The van der Waals surface area contributed by atoms with Gasteiger partial charge in [0, 0.05) is 13.2 Å². The molecule has 0 radical (unpaired) electrons. The van der Waals surface area contributed by atoms with E-state index in [1.165, 1.54) is 11.1 Å². The Hall–Kier alpha value is -1.84. The molecule has 0 unspecified atom stereocenters. The molecule has 3 rings (SSSR count). The van der Waals surface area contributed by atoms with Crippen LogP contribution in [0, 0.1) is 5.92 Å². The molecule has 122 valence electrons. The molecule has 0 amide bonds. The molecular formula is C20H25NO2. The van der Waals surface area contributed by atoms with Crippen LogP contribution in [-0.2, 0) is 13.2 Å². The average Bonchev–Trinajstić information content (AvgIpc) is 2.63. The van der Waals surface area contributed by atoms with E-state index >= 15 is 0 Å². The van der Waals surface area contributed by atoms with Gasteiger partial charge in [0.2, 0.25) is 0 Å². The van der Waals surface area contributed by atoms with Crippen molar-refractivity contribution in [2.75, 3.05) is 19.7 Å². The Morgan fingerprint density at radius 3 is 2.26 bits per heavy atom. The normalized spacial score (nSPS) is 16.4. The first kappa shape index (κ1) is 16.0. The first-order chi connectivity index (χ1) is 11.3. The minimum absolute atomic E-state index is 0.335. The molecule has 1 N–H and O–H groups in total. The van der Waals surface area contributed by atoms with Crippen LogP contribution in [0.15, 0.2) is 54.6 Å². The van der Waals surface area contributed by atoms with Gasteiger partial charge in [-0.1, -0.05) is 42.5 Å². The Morgan fingerprint density at radius 2 is 1.61 bits per heavy atom. The van der Waals surface area contributed by atoms with E-state index in [1.807, 2.05) is 18.2 Å². The molecule has 3 nitrogen and oxygen atoms in total. The number of aliphatic hydroxyl groups excluding tert-OH is 1. The van der Waals surface area contributed by atoms with Crippen molar-refractivity contribution in [2.24, 2.45) is 5.92 Å². The highest BCUT2D eigenvalue weighted by Crippen LogP contribution is 2.20. The summed E-state index contributed by atoms with van der Waals surface area (Å²) in [7, 11) is 0. The second kappa shape index (κ2) is 8.14. The maximum absolute atomic E-state index is 9.20. The molecule has 0 bridgehead atoms. The maximum atomic E-state index is 9.20. The summed E-state index contributed by atoms with van der Waals surface area (Å²) in [5.74, 6) is 1.41. The number of aliphatic hydroxyl groups is 1. The third-order valence-corrected chi connectivity index (χ3v) is 4.54. The summed E-state index contributed by atoms with van der Waals surface area (Å²) in [4.78, 5) is 2.46. The molecule has 3 heteroatoms. The number of benzene rings is 2. The zero-order valence-electron chi connectivity index (χ0n) is 13.5. The molecular weight excluding hydrogens is 286 g/mol. The van der Waals surface area contributed by atoms with E-state index in [2.05, 4.69) is 41.3 Å². The Labute approximate surface area is 138 Å². The predicted octanol–water partition coefficient (Wildman–Crippen LogP) is 3.47. The fourth-order valence-corrected chi connectivity index (χ4v) is 3.02. The lowest BCUT2D eigenvalue weighted by Crippen LogP contribution is -2.34. The van der Waals surface area contributed by atoms with E-state index in [4.69, 9.17) is 4.74 Å². The zero-order chi connectivity index (χ0) is 15.9. The Bertz CT molecular complexity index is 574. The van der Waals surface area contributed by atoms with Gasteiger partial charge in [-0.2, -0.15) is 0 Å². The number of likely N-dealkylation sites (tertiary alicyclic amines) is 1. The molecule has 0 aliphatic carbocycles. The van der Waals surface area contributed by atoms with Crippen molar-refractivity contribution in [3.05, 3.63) is 65.7 Å². The highest BCUT2D eigenvalue weighted by Gasteiger charge is 2.18. The lowest BCUT2D eigenvalue weighted by atomic mass is 9.97. The van der Waals surface area contributed by atoms with Crippen LogP contribution in [0.25, 0.3) is 0 Å². The van der Waals surface area contributed by atoms with Crippen molar-refractivity contribution in [3.63, 3.8) is 0 Å². The van der Waals surface area contributed by atoms with E-state index in [1.54, 1.807) is 0 Å². The first-order valence-corrected chi connectivity index (χ1v) is 8.42. The molecule has 23 heavy (non-hydrogen) atoms. The van der Waals surface area contributed by atoms with Gasteiger partial charge in [0.25, 0.3) is 0 Å². The summed E-state index contributed by atoms with van der Waals surface area (Å²) in [6.45, 7) is 4.09. The van der Waals surface area contributed by atoms with Crippen LogP contribution in [0.2, 0.25) is 0 Å². The van der Waals surface area contributed by atoms with Crippen molar-refractivity contribution in [1.82, 2.24) is 4.90 Å². The zero-order valence-corrected chi connectivity index (χ0v) is 13.5. The van der Waals surface area contributed by atoms with Crippen molar-refractivity contribution >= 4 is 0 Å². The molecule has 0 atom stereocenters. The predicted molar refractivity (Wildman–Crippen MR) is 92.3 cm³/mol. The van der Waals surface area contributed by atoms with E-state index in [0.29, 0.717) is 19.1 Å². The van der Waals surface area contributed by atoms with Gasteiger partial charge < -0.3 is 9.84 Å². The van der Waals surface area contributed by atoms with Gasteiger partial charge in [0.15, 0.2) is 0 Å². The van der Waals surface area contributed by atoms with E-state index in [9.17, 15) is 5.11 Å². The molecule has 1 aliphatic heterocycles. The number of nitrogens with zero attached hydrogens (tertiary/aromatic N) is 1. The van der Waals surface area contributed by atoms with Crippen LogP contribution in [0.5, 0.6) is 5.75 Å². The standard InChI is InChI=1S/C20H25NO2/c22-15-18-10-12-21(13-11-18)14-17-6-8-20(9-7-17)23-16-19-4-2-1-3-5-19/h1-9,18,22H,10-16H2. The summed E-state index contributed by atoms with van der Waals surface area (Å²) in [5, 5.41) is 9.20. The fourth-order valence-electron chi connectivity index (χ4n) is 3.02. The monoisotopic (exact) mass is 311 g/mol. The van der Waals surface area contributed by atoms with Gasteiger partial charge in [-0.3, -0.25) is 4.90 Å². The quantitative estimate of drug-likeness (QED) is 0.886. The molecule has 1 aliphatic rings. The van der Waals surface area contributed by atoms with Crippen LogP contribution in [-0.4, -0.2) is 29.7 Å². The summed E-state index contributed by atoms with van der Waals surface area (Å²) in [6.07, 6.45) is 2.21. The SMILES string of the molecule is OCC1CCN(Cc2ccc(OCc3ccccc3)cc2)CC1. The summed E-state index contributed by atoms with van der Waals surface area (Å²) < 4.78 is 5.82. The largest absolute Gasteiger partial charge is 0.489 e. The van der Waals surface area contributed by atoms with E-state index < -0.39 is 0 Å². The van der Waals surface area contributed by atoms with Gasteiger partial charge in [-0.25, -0.2) is 0 Å². The smallest absolute Gasteiger partial charge is 0.119 e. The van der Waals surface area contributed by atoms with Crippen LogP contribution in [0.1, 0.15) is 24.0 Å². The summed E-state index contributed by atoms with van der Waals surface area (Å²) in [5.41, 5.74) is 2.50. The number of hydrogen-bond acceptors (Lipinski definition) is 3. The number of piperidine rings is 1. The summed E-state index contributed by atoms with van der Waals surface area (Å²) >= 11 is 0. The topological polar surface area (TPSA) is 32.7 Å². The third-order valence-electron chi connectivity index (χ3n) is 4.54. The molecule has 1 fully saturated rings. The molecule has 0 aromatic heterocycles. The van der Waals surface area contributed by atoms with Crippen LogP contribution >= 0.6 is 0 Å². The molecule has 0 saturated carbocycles. The fraction of sp³-hybridized carbons (Fsp3) is 0.400. The highest BCUT2D eigenvalue weighted by molar-refractivity contribution is 5.27. The second-order valence-corrected chi connectivity index (χ2v) is 6.32. The Morgan fingerprint density at radius 1 is 0.913 bits per heavy atom. The average molecular weight is 311 g/mol. The van der Waals surface area contributed by atoms with Crippen molar-refractivity contribution in [1.29, 1.82) is 0 Å². The van der Waals surface area contributed by atoms with Crippen LogP contribution < -0.4 is 4.74 Å². The number of hydrogen-bond donors (Lipinski definition) is 1. The van der Waals surface area contributed by atoms with Crippen molar-refractivity contribution in [2.45, 2.75) is 26.0 Å². The molecule has 2 aromatic rings. The van der Waals surface area contributed by atoms with E-state index in [0.717, 1.165) is 38.2 Å². The Balaban J connectivity index is 1.47. The van der Waals surface area contributed by atoms with Crippen molar-refractivity contribution in [3.8, 4) is 5.75 Å². The van der Waals surface area contributed by atoms with Gasteiger partial charge in [0.05, 0.1) is 0 Å². The van der Waals surface area contributed by atoms with E-state index in [-0.39, 0.29) is 0 Å². The lowest BCUT2D eigenvalue weighted by Gasteiger charge is -2.31. The van der Waals surface area contributed by atoms with Crippen LogP contribution in [0.4, 0.5) is 0 Å². The third kappa shape index (κ3) is 4.81. The van der Waals surface area contributed by atoms with Crippen molar-refractivity contribution < 1.29 is 9.84 Å². The molecule has 1 heterocycles. The van der Waals surface area contributed by atoms with Gasteiger partial charge in [-0.05, 0) is 55.1 Å². The van der Waals surface area contributed by atoms with Gasteiger partial charge >= 0.3 is 0 Å². The van der Waals surface area contributed by atoms with Gasteiger partial charge in [0.1, 0.15) is 12.4 Å².